The van der Waals surface area contributed by atoms with Gasteiger partial charge in [-0.05, 0) is 6.92 Å². The number of carboxylic acids is 1. The molecule has 8 heavy (non-hydrogen) atoms. The Hall–Kier alpha value is -0.670. The number of aliphatic carboxylic acids is 1. The fraction of sp³-hybridized carbons (Fsp3) is 0.750. The van der Waals surface area contributed by atoms with Crippen molar-refractivity contribution in [3.05, 3.63) is 0 Å². The molecule has 0 aromatic rings. The standard InChI is InChI=1S/C4H6F2O2/c1-2(3(5)6)4(7)8/h2-3H,1H3,(H,7,8)/t2-/m0/s1. The van der Waals surface area contributed by atoms with Crippen LogP contribution in [0.2, 0.25) is 0 Å². The summed E-state index contributed by atoms with van der Waals surface area (Å²) < 4.78 is 22.6. The third-order valence-electron chi connectivity index (χ3n) is 0.767. The van der Waals surface area contributed by atoms with Crippen molar-refractivity contribution in [3.8, 4) is 0 Å². The zero-order chi connectivity index (χ0) is 6.73. The van der Waals surface area contributed by atoms with E-state index in [-0.39, 0.29) is 0 Å². The Morgan fingerprint density at radius 3 is 2.00 bits per heavy atom. The van der Waals surface area contributed by atoms with Crippen LogP contribution >= 0.6 is 0 Å². The molecule has 0 spiro atoms. The number of alkyl halides is 2. The van der Waals surface area contributed by atoms with Crippen LogP contribution in [0.15, 0.2) is 0 Å². The van der Waals surface area contributed by atoms with E-state index in [2.05, 4.69) is 0 Å². The van der Waals surface area contributed by atoms with E-state index >= 15 is 0 Å². The monoisotopic (exact) mass is 124 g/mol. The van der Waals surface area contributed by atoms with Gasteiger partial charge in [-0.15, -0.1) is 0 Å². The Kier molecular flexibility index (Phi) is 2.37. The van der Waals surface area contributed by atoms with Crippen molar-refractivity contribution in [2.75, 3.05) is 0 Å². The van der Waals surface area contributed by atoms with Crippen LogP contribution in [-0.2, 0) is 4.79 Å². The van der Waals surface area contributed by atoms with Gasteiger partial charge in [-0.25, -0.2) is 8.78 Å². The highest BCUT2D eigenvalue weighted by Gasteiger charge is 2.21. The van der Waals surface area contributed by atoms with Crippen molar-refractivity contribution in [1.29, 1.82) is 0 Å². The first-order valence-corrected chi connectivity index (χ1v) is 2.06. The highest BCUT2D eigenvalue weighted by molar-refractivity contribution is 5.69. The van der Waals surface area contributed by atoms with Crippen LogP contribution in [0.3, 0.4) is 0 Å². The van der Waals surface area contributed by atoms with Crippen LogP contribution in [0.4, 0.5) is 8.78 Å². The molecule has 0 aliphatic heterocycles. The predicted molar refractivity (Wildman–Crippen MR) is 22.8 cm³/mol. The summed E-state index contributed by atoms with van der Waals surface area (Å²) in [5, 5.41) is 7.87. The third kappa shape index (κ3) is 1.86. The fourth-order valence-corrected chi connectivity index (χ4v) is 0.108. The van der Waals surface area contributed by atoms with E-state index in [0.717, 1.165) is 6.92 Å². The van der Waals surface area contributed by atoms with Gasteiger partial charge in [0.15, 0.2) is 0 Å². The van der Waals surface area contributed by atoms with Crippen LogP contribution in [0.25, 0.3) is 0 Å². The van der Waals surface area contributed by atoms with Gasteiger partial charge in [0, 0.05) is 0 Å². The lowest BCUT2D eigenvalue weighted by Gasteiger charge is -2.00. The Bertz CT molecular complexity index is 92.0. The normalized spacial score (nSPS) is 14.0. The van der Waals surface area contributed by atoms with Crippen molar-refractivity contribution >= 4 is 5.97 Å². The zero-order valence-electron chi connectivity index (χ0n) is 4.27. The number of carbonyl (C=O) groups is 1. The van der Waals surface area contributed by atoms with Gasteiger partial charge in [0.2, 0.25) is 0 Å². The van der Waals surface area contributed by atoms with Gasteiger partial charge in [0.1, 0.15) is 5.92 Å². The first-order valence-electron chi connectivity index (χ1n) is 2.06. The number of carboxylic acid groups (broad SMARTS) is 1. The van der Waals surface area contributed by atoms with Gasteiger partial charge in [-0.3, -0.25) is 4.79 Å². The second-order valence-electron chi connectivity index (χ2n) is 1.46. The molecule has 0 heterocycles. The summed E-state index contributed by atoms with van der Waals surface area (Å²) in [6, 6.07) is 0. The SMILES string of the molecule is C[C@H](C(=O)O)C(F)F. The number of rotatable bonds is 2. The van der Waals surface area contributed by atoms with Crippen molar-refractivity contribution < 1.29 is 18.7 Å². The van der Waals surface area contributed by atoms with Gasteiger partial charge >= 0.3 is 5.97 Å². The molecule has 48 valence electrons. The second-order valence-corrected chi connectivity index (χ2v) is 1.46. The summed E-state index contributed by atoms with van der Waals surface area (Å²) in [6.45, 7) is 0.965. The Morgan fingerprint density at radius 1 is 1.62 bits per heavy atom. The molecule has 2 nitrogen and oxygen atoms in total. The minimum Gasteiger partial charge on any atom is -0.481 e. The lowest BCUT2D eigenvalue weighted by Crippen LogP contribution is -2.17. The molecule has 0 fully saturated rings. The highest BCUT2D eigenvalue weighted by atomic mass is 19.3. The predicted octanol–water partition coefficient (Wildman–Crippen LogP) is 0.972. The van der Waals surface area contributed by atoms with E-state index < -0.39 is 18.3 Å². The van der Waals surface area contributed by atoms with Gasteiger partial charge in [-0.1, -0.05) is 0 Å². The molecule has 0 aromatic heterocycles. The van der Waals surface area contributed by atoms with Crippen LogP contribution in [-0.4, -0.2) is 17.5 Å². The lowest BCUT2D eigenvalue weighted by atomic mass is 10.2. The molecule has 1 N–H and O–H groups in total. The lowest BCUT2D eigenvalue weighted by molar-refractivity contribution is -0.145. The van der Waals surface area contributed by atoms with Gasteiger partial charge in [0.05, 0.1) is 0 Å². The quantitative estimate of drug-likeness (QED) is 0.595. The molecule has 0 radical (unpaired) electrons. The molecular weight excluding hydrogens is 118 g/mol. The zero-order valence-corrected chi connectivity index (χ0v) is 4.27. The largest absolute Gasteiger partial charge is 0.481 e. The topological polar surface area (TPSA) is 37.3 Å². The van der Waals surface area contributed by atoms with Crippen molar-refractivity contribution in [3.63, 3.8) is 0 Å². The third-order valence-corrected chi connectivity index (χ3v) is 0.767. The minimum atomic E-state index is -2.76. The van der Waals surface area contributed by atoms with Crippen LogP contribution in [0, 0.1) is 5.92 Å². The van der Waals surface area contributed by atoms with E-state index in [1.54, 1.807) is 0 Å². The van der Waals surface area contributed by atoms with E-state index in [1.165, 1.54) is 0 Å². The second kappa shape index (κ2) is 2.59. The van der Waals surface area contributed by atoms with Gasteiger partial charge < -0.3 is 5.11 Å². The maximum atomic E-state index is 11.3. The molecule has 0 aliphatic rings. The summed E-state index contributed by atoms with van der Waals surface area (Å²) in [4.78, 5) is 9.66. The maximum Gasteiger partial charge on any atom is 0.312 e. The molecule has 1 atom stereocenters. The Labute approximate surface area is 45.1 Å². The summed E-state index contributed by atoms with van der Waals surface area (Å²) in [6.07, 6.45) is -2.76. The van der Waals surface area contributed by atoms with Crippen molar-refractivity contribution in [2.24, 2.45) is 5.92 Å². The van der Waals surface area contributed by atoms with Crippen molar-refractivity contribution in [1.82, 2.24) is 0 Å². The van der Waals surface area contributed by atoms with Crippen LogP contribution in [0.1, 0.15) is 6.92 Å². The maximum absolute atomic E-state index is 11.3. The molecule has 0 aromatic carbocycles. The molecule has 0 saturated heterocycles. The first-order chi connectivity index (χ1) is 3.55. The molecule has 0 amide bonds. The van der Waals surface area contributed by atoms with Gasteiger partial charge in [-0.2, -0.15) is 0 Å². The average molecular weight is 124 g/mol. The van der Waals surface area contributed by atoms with E-state index in [0.29, 0.717) is 0 Å². The molecular formula is C4H6F2O2. The minimum absolute atomic E-state index is 0.965. The summed E-state index contributed by atoms with van der Waals surface area (Å²) in [5.74, 6) is -3.00. The highest BCUT2D eigenvalue weighted by Crippen LogP contribution is 2.07. The number of hydrogen-bond acceptors (Lipinski definition) is 1. The fourth-order valence-electron chi connectivity index (χ4n) is 0.108. The molecule has 0 saturated carbocycles. The van der Waals surface area contributed by atoms with Gasteiger partial charge in [0.25, 0.3) is 6.43 Å². The van der Waals surface area contributed by atoms with E-state index in [9.17, 15) is 13.6 Å². The molecule has 0 rings (SSSR count). The first kappa shape index (κ1) is 7.33. The van der Waals surface area contributed by atoms with Crippen LogP contribution < -0.4 is 0 Å². The Morgan fingerprint density at radius 2 is 2.00 bits per heavy atom. The molecule has 0 unspecified atom stereocenters. The number of halogens is 2. The van der Waals surface area contributed by atoms with E-state index in [1.807, 2.05) is 0 Å². The summed E-state index contributed by atoms with van der Waals surface area (Å²) >= 11 is 0. The summed E-state index contributed by atoms with van der Waals surface area (Å²) in [7, 11) is 0. The van der Waals surface area contributed by atoms with Crippen molar-refractivity contribution in [2.45, 2.75) is 13.3 Å². The molecule has 0 aliphatic carbocycles. The molecule has 4 heteroatoms. The average Bonchev–Trinajstić information content (AvgIpc) is 1.64. The number of hydrogen-bond donors (Lipinski definition) is 1. The smallest absolute Gasteiger partial charge is 0.312 e. The Balaban J connectivity index is 3.64. The van der Waals surface area contributed by atoms with Crippen LogP contribution in [0.5, 0.6) is 0 Å². The van der Waals surface area contributed by atoms with E-state index in [4.69, 9.17) is 5.11 Å². The summed E-state index contributed by atoms with van der Waals surface area (Å²) in [5.41, 5.74) is 0. The molecule has 0 bridgehead atoms.